The Morgan fingerprint density at radius 2 is 1.56 bits per heavy atom. The molecule has 0 atom stereocenters. The van der Waals surface area contributed by atoms with Crippen molar-refractivity contribution in [3.63, 3.8) is 0 Å². The van der Waals surface area contributed by atoms with Crippen molar-refractivity contribution in [3.05, 3.63) is 32.6 Å². The molecule has 0 aromatic carbocycles. The molecule has 25 heavy (non-hydrogen) atoms. The minimum Gasteiger partial charge on any atom is -0.368 e. The van der Waals surface area contributed by atoms with Crippen LogP contribution in [0.4, 0.5) is 0 Å². The molecule has 0 radical (unpaired) electrons. The number of hydrogen-bond acceptors (Lipinski definition) is 6. The normalized spacial score (nSPS) is 12.7. The van der Waals surface area contributed by atoms with Gasteiger partial charge in [0.05, 0.1) is 13.2 Å². The summed E-state index contributed by atoms with van der Waals surface area (Å²) in [4.78, 5) is 60.3. The van der Waals surface area contributed by atoms with Crippen molar-refractivity contribution in [3.8, 4) is 0 Å². The molecule has 1 heterocycles. The number of hydrogen-bond donors (Lipinski definition) is 5. The highest BCUT2D eigenvalue weighted by Gasteiger charge is 2.19. The van der Waals surface area contributed by atoms with E-state index in [1.807, 2.05) is 0 Å². The summed E-state index contributed by atoms with van der Waals surface area (Å²) >= 11 is 0. The lowest BCUT2D eigenvalue weighted by molar-refractivity contribution is 0.0520. The fourth-order valence-corrected chi connectivity index (χ4v) is 2.55. The lowest BCUT2D eigenvalue weighted by Gasteiger charge is -2.19. The molecule has 0 aliphatic rings. The van der Waals surface area contributed by atoms with Crippen molar-refractivity contribution >= 4 is 15.2 Å². The molecule has 0 aliphatic heterocycles. The molecule has 0 saturated heterocycles. The Bertz CT molecular complexity index is 748. The van der Waals surface area contributed by atoms with Crippen LogP contribution in [-0.4, -0.2) is 55.0 Å². The summed E-state index contributed by atoms with van der Waals surface area (Å²) in [5.41, 5.74) is -0.982. The first-order chi connectivity index (χ1) is 11.4. The smallest absolute Gasteiger partial charge is 0.350 e. The van der Waals surface area contributed by atoms with Crippen molar-refractivity contribution in [2.75, 3.05) is 25.9 Å². The van der Waals surface area contributed by atoms with E-state index in [4.69, 9.17) is 29.0 Å². The summed E-state index contributed by atoms with van der Waals surface area (Å²) in [7, 11) is -8.77. The van der Waals surface area contributed by atoms with Gasteiger partial charge in [0.25, 0.3) is 5.56 Å². The molecule has 5 N–H and O–H groups in total. The standard InChI is InChI=1S/C11H20N2O10P2/c1-8-2-13(11(15)12-10(8)14)3-9(4-22-6-24(16,17)18)5-23-7-25(19,20)21/h2,9H,3-7H2,1H3,(H,12,14,15)(H2,16,17,18)(H2,19,20,21). The Morgan fingerprint density at radius 1 is 1.08 bits per heavy atom. The van der Waals surface area contributed by atoms with E-state index in [0.29, 0.717) is 0 Å². The first-order valence-corrected chi connectivity index (χ1v) is 10.5. The van der Waals surface area contributed by atoms with Crippen LogP contribution in [0.25, 0.3) is 0 Å². The molecule has 1 aromatic rings. The molecular formula is C11H20N2O10P2. The minimum absolute atomic E-state index is 0.0568. The van der Waals surface area contributed by atoms with Crippen molar-refractivity contribution < 1.29 is 38.2 Å². The number of aryl methyl sites for hydroxylation is 1. The molecule has 0 amide bonds. The predicted octanol–water partition coefficient (Wildman–Crippen LogP) is -1.24. The van der Waals surface area contributed by atoms with E-state index >= 15 is 0 Å². The fourth-order valence-electron chi connectivity index (χ4n) is 1.86. The average molecular weight is 402 g/mol. The fraction of sp³-hybridized carbons (Fsp3) is 0.636. The Kier molecular flexibility index (Phi) is 7.91. The van der Waals surface area contributed by atoms with Crippen LogP contribution < -0.4 is 11.2 Å². The van der Waals surface area contributed by atoms with Crippen LogP contribution in [-0.2, 0) is 25.1 Å². The van der Waals surface area contributed by atoms with Crippen LogP contribution >= 0.6 is 15.2 Å². The molecule has 1 aromatic heterocycles. The number of ether oxygens (including phenoxy) is 2. The number of H-pyrrole nitrogens is 1. The van der Waals surface area contributed by atoms with Gasteiger partial charge >= 0.3 is 20.9 Å². The molecule has 14 heteroatoms. The van der Waals surface area contributed by atoms with E-state index in [9.17, 15) is 18.7 Å². The number of nitrogens with zero attached hydrogens (tertiary/aromatic N) is 1. The zero-order valence-corrected chi connectivity index (χ0v) is 15.1. The average Bonchev–Trinajstić information content (AvgIpc) is 2.41. The highest BCUT2D eigenvalue weighted by molar-refractivity contribution is 7.51. The van der Waals surface area contributed by atoms with Gasteiger partial charge in [-0.15, -0.1) is 0 Å². The molecule has 12 nitrogen and oxygen atoms in total. The van der Waals surface area contributed by atoms with Gasteiger partial charge in [-0.05, 0) is 6.92 Å². The van der Waals surface area contributed by atoms with Gasteiger partial charge in [0.15, 0.2) is 0 Å². The van der Waals surface area contributed by atoms with Gasteiger partial charge in [-0.25, -0.2) is 4.79 Å². The van der Waals surface area contributed by atoms with E-state index in [0.717, 1.165) is 4.57 Å². The van der Waals surface area contributed by atoms with Crippen LogP contribution in [0.5, 0.6) is 0 Å². The highest BCUT2D eigenvalue weighted by atomic mass is 31.2. The summed E-state index contributed by atoms with van der Waals surface area (Å²) in [5, 5.41) is 0. The zero-order chi connectivity index (χ0) is 19.3. The summed E-state index contributed by atoms with van der Waals surface area (Å²) in [6.45, 7) is 0.949. The molecule has 0 bridgehead atoms. The van der Waals surface area contributed by atoms with Crippen LogP contribution in [0.1, 0.15) is 5.56 Å². The molecule has 0 saturated carbocycles. The highest BCUT2D eigenvalue weighted by Crippen LogP contribution is 2.35. The predicted molar refractivity (Wildman–Crippen MR) is 85.3 cm³/mol. The van der Waals surface area contributed by atoms with Gasteiger partial charge in [0.1, 0.15) is 12.7 Å². The van der Waals surface area contributed by atoms with Gasteiger partial charge in [0, 0.05) is 24.2 Å². The number of aromatic amines is 1. The summed E-state index contributed by atoms with van der Waals surface area (Å²) in [5.74, 6) is -0.652. The van der Waals surface area contributed by atoms with E-state index in [2.05, 4.69) is 4.98 Å². The summed E-state index contributed by atoms with van der Waals surface area (Å²) in [6, 6.07) is 0. The summed E-state index contributed by atoms with van der Waals surface area (Å²) < 4.78 is 32.5. The molecule has 144 valence electrons. The zero-order valence-electron chi connectivity index (χ0n) is 13.3. The number of rotatable bonds is 10. The molecule has 1 rings (SSSR count). The molecule has 0 spiro atoms. The third-order valence-electron chi connectivity index (χ3n) is 2.87. The van der Waals surface area contributed by atoms with E-state index in [1.54, 1.807) is 0 Å². The first-order valence-electron chi connectivity index (χ1n) is 6.92. The Balaban J connectivity index is 2.80. The van der Waals surface area contributed by atoms with Gasteiger partial charge in [0.2, 0.25) is 0 Å². The minimum atomic E-state index is -4.38. The van der Waals surface area contributed by atoms with Crippen molar-refractivity contribution in [1.82, 2.24) is 9.55 Å². The van der Waals surface area contributed by atoms with Crippen molar-refractivity contribution in [2.45, 2.75) is 13.5 Å². The second-order valence-corrected chi connectivity index (χ2v) is 8.59. The van der Waals surface area contributed by atoms with E-state index in [1.165, 1.54) is 13.1 Å². The number of nitrogens with one attached hydrogen (secondary N) is 1. The summed E-state index contributed by atoms with van der Waals surface area (Å²) in [6.07, 6.45) is -0.400. The molecule has 0 unspecified atom stereocenters. The second-order valence-electron chi connectivity index (χ2n) is 5.42. The third kappa shape index (κ3) is 9.24. The van der Waals surface area contributed by atoms with Crippen LogP contribution in [0.15, 0.2) is 15.8 Å². The maximum Gasteiger partial charge on any atom is 0.350 e. The Labute approximate surface area is 141 Å². The number of aromatic nitrogens is 2. The maximum absolute atomic E-state index is 11.8. The van der Waals surface area contributed by atoms with Gasteiger partial charge in [-0.3, -0.25) is 23.5 Å². The Hall–Kier alpha value is -1.10. The third-order valence-corrected chi connectivity index (χ3v) is 3.91. The van der Waals surface area contributed by atoms with Crippen LogP contribution in [0.2, 0.25) is 0 Å². The van der Waals surface area contributed by atoms with Crippen LogP contribution in [0.3, 0.4) is 0 Å². The Morgan fingerprint density at radius 3 is 2.00 bits per heavy atom. The molecule has 0 aliphatic carbocycles. The van der Waals surface area contributed by atoms with Gasteiger partial charge in [-0.1, -0.05) is 0 Å². The lowest BCUT2D eigenvalue weighted by atomic mass is 10.2. The quantitative estimate of drug-likeness (QED) is 0.296. The van der Waals surface area contributed by atoms with E-state index in [-0.39, 0.29) is 25.3 Å². The maximum atomic E-state index is 11.8. The monoisotopic (exact) mass is 402 g/mol. The first kappa shape index (κ1) is 21.9. The lowest BCUT2D eigenvalue weighted by Crippen LogP contribution is -2.34. The second kappa shape index (κ2) is 9.02. The SMILES string of the molecule is Cc1cn(CC(COCP(=O)(O)O)COCP(=O)(O)O)c(=O)[nH]c1=O. The van der Waals surface area contributed by atoms with Gasteiger partial charge in [-0.2, -0.15) is 0 Å². The van der Waals surface area contributed by atoms with Gasteiger partial charge < -0.3 is 29.0 Å². The van der Waals surface area contributed by atoms with Crippen LogP contribution in [0, 0.1) is 12.8 Å². The topological polar surface area (TPSA) is 188 Å². The molecular weight excluding hydrogens is 382 g/mol. The van der Waals surface area contributed by atoms with E-state index < -0.39 is 45.1 Å². The largest absolute Gasteiger partial charge is 0.368 e. The van der Waals surface area contributed by atoms with Crippen molar-refractivity contribution in [1.29, 1.82) is 0 Å². The molecule has 0 fully saturated rings. The van der Waals surface area contributed by atoms with Crippen molar-refractivity contribution in [2.24, 2.45) is 5.92 Å².